The summed E-state index contributed by atoms with van der Waals surface area (Å²) in [5.74, 6) is 1.12. The Hall–Kier alpha value is -1.45. The van der Waals surface area contributed by atoms with Crippen LogP contribution in [0, 0.1) is 26.2 Å². The van der Waals surface area contributed by atoms with Crippen LogP contribution in [-0.2, 0) is 9.59 Å². The molecule has 0 aliphatic rings. The number of hydrogen-bond acceptors (Lipinski definition) is 3. The molecular weight excluding hydrogens is 354 g/mol. The van der Waals surface area contributed by atoms with Gasteiger partial charge in [0.15, 0.2) is 0 Å². The van der Waals surface area contributed by atoms with E-state index in [4.69, 9.17) is 11.5 Å². The van der Waals surface area contributed by atoms with Crippen molar-refractivity contribution < 1.29 is 14.7 Å². The maximum Gasteiger partial charge on any atom is 0.323 e. The van der Waals surface area contributed by atoms with Crippen LogP contribution in [0.2, 0.25) is 0 Å². The largest absolute Gasteiger partial charge is 0.480 e. The summed E-state index contributed by atoms with van der Waals surface area (Å²) < 4.78 is 1.02. The quantitative estimate of drug-likeness (QED) is 0.618. The minimum atomic E-state index is -1.07. The first kappa shape index (κ1) is 17.6. The lowest BCUT2D eigenvalue weighted by molar-refractivity contribution is -0.143. The number of thioether (sulfide) groups is 1. The smallest absolute Gasteiger partial charge is 0.323 e. The predicted octanol–water partition coefficient (Wildman–Crippen LogP) is 2.70. The van der Waals surface area contributed by atoms with Gasteiger partial charge in [-0.2, -0.15) is 0 Å². The van der Waals surface area contributed by atoms with Gasteiger partial charge in [0.25, 0.3) is 0 Å². The molecule has 0 radical (unpaired) electrons. The molecule has 0 aliphatic heterocycles. The van der Waals surface area contributed by atoms with E-state index in [0.717, 1.165) is 25.4 Å². The second kappa shape index (κ2) is 8.11. The molecule has 0 saturated heterocycles. The molecule has 0 saturated carbocycles. The average molecular weight is 370 g/mol. The lowest BCUT2D eigenvalue weighted by atomic mass is 10.2. The van der Waals surface area contributed by atoms with Gasteiger partial charge >= 0.3 is 5.97 Å². The molecule has 0 spiro atoms. The van der Waals surface area contributed by atoms with Gasteiger partial charge in [-0.05, 0) is 37.1 Å². The standard InChI is InChI=1S/C15H16BrNO3S/c1-4-5-17(8-15(19)20)14(18)9-21-13-7-10(2)12(16)6-11(13)3/h1,6-7H,5,8-9H2,2-3H3,(H,19,20). The molecule has 0 fully saturated rings. The van der Waals surface area contributed by atoms with E-state index in [1.807, 2.05) is 26.0 Å². The highest BCUT2D eigenvalue weighted by molar-refractivity contribution is 9.10. The van der Waals surface area contributed by atoms with Gasteiger partial charge in [-0.1, -0.05) is 21.9 Å². The zero-order chi connectivity index (χ0) is 16.0. The number of aryl methyl sites for hydroxylation is 2. The second-order valence-corrected chi connectivity index (χ2v) is 6.37. The first-order valence-corrected chi connectivity index (χ1v) is 7.95. The summed E-state index contributed by atoms with van der Waals surface area (Å²) in [4.78, 5) is 24.9. The molecule has 0 aromatic heterocycles. The summed E-state index contributed by atoms with van der Waals surface area (Å²) >= 11 is 4.84. The Morgan fingerprint density at radius 2 is 2.05 bits per heavy atom. The van der Waals surface area contributed by atoms with Gasteiger partial charge in [0.05, 0.1) is 12.3 Å². The van der Waals surface area contributed by atoms with E-state index < -0.39 is 5.97 Å². The highest BCUT2D eigenvalue weighted by Crippen LogP contribution is 2.28. The van der Waals surface area contributed by atoms with Crippen LogP contribution in [0.15, 0.2) is 21.5 Å². The minimum Gasteiger partial charge on any atom is -0.480 e. The molecule has 0 aliphatic carbocycles. The van der Waals surface area contributed by atoms with Crippen molar-refractivity contribution in [2.24, 2.45) is 0 Å². The van der Waals surface area contributed by atoms with Crippen LogP contribution in [0.3, 0.4) is 0 Å². The normalized spacial score (nSPS) is 10.0. The molecule has 0 atom stereocenters. The number of carbonyl (C=O) groups is 2. The number of carbonyl (C=O) groups excluding carboxylic acids is 1. The van der Waals surface area contributed by atoms with Crippen LogP contribution < -0.4 is 0 Å². The molecular formula is C15H16BrNO3S. The van der Waals surface area contributed by atoms with Gasteiger partial charge in [-0.25, -0.2) is 0 Å². The zero-order valence-electron chi connectivity index (χ0n) is 11.9. The van der Waals surface area contributed by atoms with Crippen LogP contribution in [0.5, 0.6) is 0 Å². The Balaban J connectivity index is 2.73. The number of rotatable bonds is 6. The molecule has 112 valence electrons. The SMILES string of the molecule is C#CCN(CC(=O)O)C(=O)CSc1cc(C)c(Br)cc1C. The third kappa shape index (κ3) is 5.44. The molecule has 4 nitrogen and oxygen atoms in total. The van der Waals surface area contributed by atoms with Crippen LogP contribution in [-0.4, -0.2) is 40.7 Å². The number of nitrogens with zero attached hydrogens (tertiary/aromatic N) is 1. The maximum absolute atomic E-state index is 12.0. The highest BCUT2D eigenvalue weighted by Gasteiger charge is 2.16. The molecule has 0 bridgehead atoms. The van der Waals surface area contributed by atoms with Crippen molar-refractivity contribution in [3.05, 3.63) is 27.7 Å². The number of hydrogen-bond donors (Lipinski definition) is 1. The number of aliphatic carboxylic acids is 1. The van der Waals surface area contributed by atoms with E-state index in [9.17, 15) is 9.59 Å². The van der Waals surface area contributed by atoms with Gasteiger partial charge in [0.2, 0.25) is 5.91 Å². The van der Waals surface area contributed by atoms with E-state index in [-0.39, 0.29) is 24.7 Å². The monoisotopic (exact) mass is 369 g/mol. The molecule has 1 rings (SSSR count). The van der Waals surface area contributed by atoms with Crippen LogP contribution in [0.4, 0.5) is 0 Å². The Morgan fingerprint density at radius 1 is 1.38 bits per heavy atom. The molecule has 6 heteroatoms. The maximum atomic E-state index is 12.0. The van der Waals surface area contributed by atoms with Crippen LogP contribution >= 0.6 is 27.7 Å². The van der Waals surface area contributed by atoms with E-state index >= 15 is 0 Å². The summed E-state index contributed by atoms with van der Waals surface area (Å²) in [6.45, 7) is 3.57. The highest BCUT2D eigenvalue weighted by atomic mass is 79.9. The van der Waals surface area contributed by atoms with E-state index in [1.54, 1.807) is 0 Å². The van der Waals surface area contributed by atoms with Crippen molar-refractivity contribution >= 4 is 39.6 Å². The van der Waals surface area contributed by atoms with Gasteiger partial charge in [-0.3, -0.25) is 9.59 Å². The average Bonchev–Trinajstić information content (AvgIpc) is 2.40. The molecule has 1 N–H and O–H groups in total. The Bertz CT molecular complexity index is 595. The lowest BCUT2D eigenvalue weighted by Gasteiger charge is -2.18. The molecule has 21 heavy (non-hydrogen) atoms. The van der Waals surface area contributed by atoms with E-state index in [0.29, 0.717) is 0 Å². The van der Waals surface area contributed by atoms with Gasteiger partial charge in [0, 0.05) is 9.37 Å². The van der Waals surface area contributed by atoms with Crippen molar-refractivity contribution in [1.82, 2.24) is 4.90 Å². The van der Waals surface area contributed by atoms with Gasteiger partial charge < -0.3 is 10.0 Å². The fourth-order valence-corrected chi connectivity index (χ4v) is 3.11. The molecule has 1 aromatic carbocycles. The Labute approximate surface area is 137 Å². The Kier molecular flexibility index (Phi) is 6.79. The van der Waals surface area contributed by atoms with Crippen molar-refractivity contribution in [3.8, 4) is 12.3 Å². The van der Waals surface area contributed by atoms with Crippen molar-refractivity contribution in [1.29, 1.82) is 0 Å². The number of carboxylic acid groups (broad SMARTS) is 1. The fraction of sp³-hybridized carbons (Fsp3) is 0.333. The summed E-state index contributed by atoms with van der Waals surface area (Å²) in [5, 5.41) is 8.78. The fourth-order valence-electron chi connectivity index (χ4n) is 1.65. The molecule has 1 aromatic rings. The molecule has 1 amide bonds. The number of amides is 1. The Morgan fingerprint density at radius 3 is 2.62 bits per heavy atom. The third-order valence-corrected chi connectivity index (χ3v) is 4.76. The lowest BCUT2D eigenvalue weighted by Crippen LogP contribution is -2.37. The first-order chi connectivity index (χ1) is 9.85. The summed E-state index contributed by atoms with van der Waals surface area (Å²) in [6.07, 6.45) is 5.16. The van der Waals surface area contributed by atoms with E-state index in [1.165, 1.54) is 11.8 Å². The number of benzene rings is 1. The zero-order valence-corrected chi connectivity index (χ0v) is 14.3. The van der Waals surface area contributed by atoms with Crippen molar-refractivity contribution in [2.75, 3.05) is 18.8 Å². The van der Waals surface area contributed by atoms with Crippen LogP contribution in [0.1, 0.15) is 11.1 Å². The summed E-state index contributed by atoms with van der Waals surface area (Å²) in [7, 11) is 0. The first-order valence-electron chi connectivity index (χ1n) is 6.17. The van der Waals surface area contributed by atoms with Gasteiger partial charge in [-0.15, -0.1) is 18.2 Å². The van der Waals surface area contributed by atoms with Gasteiger partial charge in [0.1, 0.15) is 6.54 Å². The second-order valence-electron chi connectivity index (χ2n) is 4.50. The number of terminal acetylenes is 1. The number of carboxylic acids is 1. The molecule has 0 heterocycles. The predicted molar refractivity (Wildman–Crippen MR) is 87.4 cm³/mol. The van der Waals surface area contributed by atoms with Crippen molar-refractivity contribution in [3.63, 3.8) is 0 Å². The molecule has 0 unspecified atom stereocenters. The number of halogens is 1. The topological polar surface area (TPSA) is 57.6 Å². The van der Waals surface area contributed by atoms with Crippen molar-refractivity contribution in [2.45, 2.75) is 18.7 Å². The van der Waals surface area contributed by atoms with E-state index in [2.05, 4.69) is 21.9 Å². The summed E-state index contributed by atoms with van der Waals surface area (Å²) in [6, 6.07) is 4.00. The van der Waals surface area contributed by atoms with Crippen LogP contribution in [0.25, 0.3) is 0 Å². The summed E-state index contributed by atoms with van der Waals surface area (Å²) in [5.41, 5.74) is 2.15. The minimum absolute atomic E-state index is 0.00401. The third-order valence-electron chi connectivity index (χ3n) is 2.77.